The van der Waals surface area contributed by atoms with Crippen LogP contribution in [0.1, 0.15) is 24.4 Å². The Hall–Kier alpha value is -0.450. The number of likely N-dealkylation sites (tertiary alicyclic amines) is 1. The SMILES string of the molecule is C[C@H](c1nccs1)N1CC[C@H](O)C1. The van der Waals surface area contributed by atoms with Crippen molar-refractivity contribution in [2.75, 3.05) is 13.1 Å². The van der Waals surface area contributed by atoms with E-state index >= 15 is 0 Å². The van der Waals surface area contributed by atoms with E-state index in [4.69, 9.17) is 0 Å². The lowest BCUT2D eigenvalue weighted by molar-refractivity contribution is 0.163. The molecule has 1 aliphatic rings. The molecule has 2 heterocycles. The van der Waals surface area contributed by atoms with E-state index in [0.29, 0.717) is 6.04 Å². The summed E-state index contributed by atoms with van der Waals surface area (Å²) in [6.07, 6.45) is 2.60. The number of thiazole rings is 1. The van der Waals surface area contributed by atoms with Crippen LogP contribution < -0.4 is 0 Å². The lowest BCUT2D eigenvalue weighted by Gasteiger charge is -2.21. The van der Waals surface area contributed by atoms with Gasteiger partial charge in [0.15, 0.2) is 0 Å². The molecular formula is C9H14N2OS. The zero-order chi connectivity index (χ0) is 9.26. The van der Waals surface area contributed by atoms with Crippen LogP contribution in [0.5, 0.6) is 0 Å². The molecule has 1 aromatic heterocycles. The predicted molar refractivity (Wildman–Crippen MR) is 52.7 cm³/mol. The Morgan fingerprint density at radius 3 is 3.15 bits per heavy atom. The molecule has 0 saturated carbocycles. The molecule has 0 amide bonds. The standard InChI is InChI=1S/C9H14N2OS/c1-7(9-10-3-5-13-9)11-4-2-8(12)6-11/h3,5,7-8,12H,2,4,6H2,1H3/t7-,8+/m1/s1. The third kappa shape index (κ3) is 1.90. The van der Waals surface area contributed by atoms with Gasteiger partial charge in [-0.2, -0.15) is 0 Å². The largest absolute Gasteiger partial charge is 0.392 e. The summed E-state index contributed by atoms with van der Waals surface area (Å²) in [6, 6.07) is 0.358. The lowest BCUT2D eigenvalue weighted by atomic mass is 10.3. The molecule has 1 N–H and O–H groups in total. The van der Waals surface area contributed by atoms with E-state index in [0.717, 1.165) is 24.5 Å². The van der Waals surface area contributed by atoms with Crippen molar-refractivity contribution in [2.24, 2.45) is 0 Å². The van der Waals surface area contributed by atoms with Gasteiger partial charge in [0.2, 0.25) is 0 Å². The first-order chi connectivity index (χ1) is 6.27. The Balaban J connectivity index is 2.02. The van der Waals surface area contributed by atoms with Crippen LogP contribution in [-0.2, 0) is 0 Å². The van der Waals surface area contributed by atoms with Crippen LogP contribution in [-0.4, -0.2) is 34.2 Å². The molecule has 1 aromatic rings. The highest BCUT2D eigenvalue weighted by molar-refractivity contribution is 7.09. The fourth-order valence-electron chi connectivity index (χ4n) is 1.72. The minimum Gasteiger partial charge on any atom is -0.392 e. The molecule has 0 spiro atoms. The second kappa shape index (κ2) is 3.74. The number of rotatable bonds is 2. The Labute approximate surface area is 82.0 Å². The van der Waals surface area contributed by atoms with Crippen molar-refractivity contribution in [1.82, 2.24) is 9.88 Å². The fourth-order valence-corrected chi connectivity index (χ4v) is 2.45. The quantitative estimate of drug-likeness (QED) is 0.777. The molecule has 3 nitrogen and oxygen atoms in total. The maximum atomic E-state index is 9.39. The van der Waals surface area contributed by atoms with E-state index < -0.39 is 0 Å². The van der Waals surface area contributed by atoms with Crippen molar-refractivity contribution >= 4 is 11.3 Å². The minimum absolute atomic E-state index is 0.137. The Kier molecular flexibility index (Phi) is 2.62. The van der Waals surface area contributed by atoms with E-state index in [-0.39, 0.29) is 6.10 Å². The summed E-state index contributed by atoms with van der Waals surface area (Å²) in [5.74, 6) is 0. The van der Waals surface area contributed by atoms with Gasteiger partial charge in [-0.25, -0.2) is 4.98 Å². The average Bonchev–Trinajstić information content (AvgIpc) is 2.72. The van der Waals surface area contributed by atoms with Gasteiger partial charge in [-0.05, 0) is 13.3 Å². The Morgan fingerprint density at radius 2 is 2.62 bits per heavy atom. The van der Waals surface area contributed by atoms with Crippen molar-refractivity contribution in [3.8, 4) is 0 Å². The predicted octanol–water partition coefficient (Wildman–Crippen LogP) is 1.27. The van der Waals surface area contributed by atoms with Crippen LogP contribution in [0.4, 0.5) is 0 Å². The highest BCUT2D eigenvalue weighted by Crippen LogP contribution is 2.25. The van der Waals surface area contributed by atoms with Crippen molar-refractivity contribution in [3.63, 3.8) is 0 Å². The second-order valence-electron chi connectivity index (χ2n) is 3.48. The van der Waals surface area contributed by atoms with Gasteiger partial charge in [0.25, 0.3) is 0 Å². The molecule has 1 saturated heterocycles. The van der Waals surface area contributed by atoms with Crippen LogP contribution in [0.3, 0.4) is 0 Å². The molecule has 2 atom stereocenters. The molecule has 72 valence electrons. The monoisotopic (exact) mass is 198 g/mol. The second-order valence-corrected chi connectivity index (χ2v) is 4.41. The summed E-state index contributed by atoms with van der Waals surface area (Å²) in [6.45, 7) is 3.93. The van der Waals surface area contributed by atoms with Crippen molar-refractivity contribution in [2.45, 2.75) is 25.5 Å². The first-order valence-corrected chi connectivity index (χ1v) is 5.47. The fraction of sp³-hybridized carbons (Fsp3) is 0.667. The molecule has 2 rings (SSSR count). The summed E-state index contributed by atoms with van der Waals surface area (Å²) in [4.78, 5) is 6.56. The number of hydrogen-bond acceptors (Lipinski definition) is 4. The number of nitrogens with zero attached hydrogens (tertiary/aromatic N) is 2. The van der Waals surface area contributed by atoms with E-state index in [1.807, 2.05) is 11.6 Å². The van der Waals surface area contributed by atoms with Crippen LogP contribution in [0.15, 0.2) is 11.6 Å². The number of aliphatic hydroxyl groups excluding tert-OH is 1. The molecule has 0 bridgehead atoms. The van der Waals surface area contributed by atoms with Gasteiger partial charge in [-0.3, -0.25) is 4.90 Å². The van der Waals surface area contributed by atoms with E-state index in [9.17, 15) is 5.11 Å². The lowest BCUT2D eigenvalue weighted by Crippen LogP contribution is -2.25. The summed E-state index contributed by atoms with van der Waals surface area (Å²) in [7, 11) is 0. The molecule has 4 heteroatoms. The highest BCUT2D eigenvalue weighted by atomic mass is 32.1. The van der Waals surface area contributed by atoms with E-state index in [1.54, 1.807) is 11.3 Å². The van der Waals surface area contributed by atoms with Gasteiger partial charge in [0.05, 0.1) is 12.1 Å². The third-order valence-corrected chi connectivity index (χ3v) is 3.50. The van der Waals surface area contributed by atoms with Crippen LogP contribution >= 0.6 is 11.3 Å². The number of hydrogen-bond donors (Lipinski definition) is 1. The molecule has 0 unspecified atom stereocenters. The first kappa shape index (κ1) is 9.12. The average molecular weight is 198 g/mol. The van der Waals surface area contributed by atoms with Gasteiger partial charge in [0.1, 0.15) is 5.01 Å². The molecule has 1 aliphatic heterocycles. The molecule has 0 radical (unpaired) electrons. The summed E-state index contributed by atoms with van der Waals surface area (Å²) < 4.78 is 0. The zero-order valence-corrected chi connectivity index (χ0v) is 8.50. The normalized spacial score (nSPS) is 26.5. The van der Waals surface area contributed by atoms with Gasteiger partial charge in [0, 0.05) is 24.7 Å². The van der Waals surface area contributed by atoms with E-state index in [1.165, 1.54) is 0 Å². The number of aromatic nitrogens is 1. The van der Waals surface area contributed by atoms with Crippen LogP contribution in [0, 0.1) is 0 Å². The number of aliphatic hydroxyl groups is 1. The smallest absolute Gasteiger partial charge is 0.109 e. The van der Waals surface area contributed by atoms with Crippen LogP contribution in [0.25, 0.3) is 0 Å². The van der Waals surface area contributed by atoms with E-state index in [2.05, 4.69) is 16.8 Å². The number of β-amino-alcohol motifs (C(OH)–C–C–N with tert-alkyl or cyclic N) is 1. The maximum absolute atomic E-state index is 9.39. The van der Waals surface area contributed by atoms with Crippen molar-refractivity contribution < 1.29 is 5.11 Å². The summed E-state index contributed by atoms with van der Waals surface area (Å²) >= 11 is 1.68. The van der Waals surface area contributed by atoms with Crippen molar-refractivity contribution in [3.05, 3.63) is 16.6 Å². The van der Waals surface area contributed by atoms with Gasteiger partial charge in [-0.15, -0.1) is 11.3 Å². The molecule has 1 fully saturated rings. The molecule has 13 heavy (non-hydrogen) atoms. The molecule has 0 aliphatic carbocycles. The third-order valence-electron chi connectivity index (χ3n) is 2.55. The highest BCUT2D eigenvalue weighted by Gasteiger charge is 2.26. The Morgan fingerprint density at radius 1 is 1.77 bits per heavy atom. The van der Waals surface area contributed by atoms with Crippen LogP contribution in [0.2, 0.25) is 0 Å². The minimum atomic E-state index is -0.137. The molecule has 0 aromatic carbocycles. The topological polar surface area (TPSA) is 36.4 Å². The van der Waals surface area contributed by atoms with Crippen molar-refractivity contribution in [1.29, 1.82) is 0 Å². The van der Waals surface area contributed by atoms with Gasteiger partial charge < -0.3 is 5.11 Å². The van der Waals surface area contributed by atoms with Gasteiger partial charge >= 0.3 is 0 Å². The Bertz CT molecular complexity index is 263. The molecular weight excluding hydrogens is 184 g/mol. The summed E-state index contributed by atoms with van der Waals surface area (Å²) in [5.41, 5.74) is 0. The zero-order valence-electron chi connectivity index (χ0n) is 7.68. The maximum Gasteiger partial charge on any atom is 0.109 e. The summed E-state index contributed by atoms with van der Waals surface area (Å²) in [5, 5.41) is 12.5. The van der Waals surface area contributed by atoms with Gasteiger partial charge in [-0.1, -0.05) is 0 Å². The first-order valence-electron chi connectivity index (χ1n) is 4.59.